The summed E-state index contributed by atoms with van der Waals surface area (Å²) < 4.78 is 9.95. The van der Waals surface area contributed by atoms with Crippen LogP contribution < -0.4 is 5.32 Å². The third-order valence-electron chi connectivity index (χ3n) is 5.37. The lowest BCUT2D eigenvalue weighted by atomic mass is 10.2. The highest BCUT2D eigenvalue weighted by Crippen LogP contribution is 2.23. The third-order valence-corrected chi connectivity index (χ3v) is 7.07. The Bertz CT molecular complexity index is 1140. The highest BCUT2D eigenvalue weighted by Gasteiger charge is 2.14. The molecule has 3 aromatic heterocycles. The van der Waals surface area contributed by atoms with Crippen LogP contribution in [0.4, 0.5) is 5.69 Å². The van der Waals surface area contributed by atoms with Crippen LogP contribution in [0.25, 0.3) is 16.7 Å². The summed E-state index contributed by atoms with van der Waals surface area (Å²) in [6.45, 7) is 11.2. The molecule has 0 aliphatic carbocycles. The van der Waals surface area contributed by atoms with Gasteiger partial charge in [0.2, 0.25) is 0 Å². The highest BCUT2D eigenvalue weighted by atomic mass is 28.3. The number of para-hydroxylation sites is 1. The van der Waals surface area contributed by atoms with Crippen LogP contribution in [-0.4, -0.2) is 34.0 Å². The zero-order valence-electron chi connectivity index (χ0n) is 18.8. The predicted octanol–water partition coefficient (Wildman–Crippen LogP) is 5.45. The second-order valence-electron chi connectivity index (χ2n) is 9.10. The smallest absolute Gasteiger partial charge is 0.143 e. The molecule has 0 spiro atoms. The summed E-state index contributed by atoms with van der Waals surface area (Å²) in [6.07, 6.45) is 5.99. The molecule has 1 aromatic carbocycles. The van der Waals surface area contributed by atoms with Crippen LogP contribution in [0.3, 0.4) is 0 Å². The van der Waals surface area contributed by atoms with Crippen molar-refractivity contribution in [2.45, 2.75) is 45.9 Å². The lowest BCUT2D eigenvalue weighted by Crippen LogP contribution is -2.22. The van der Waals surface area contributed by atoms with Crippen molar-refractivity contribution in [2.24, 2.45) is 0 Å². The van der Waals surface area contributed by atoms with Crippen LogP contribution in [0.1, 0.15) is 11.3 Å². The maximum atomic E-state index is 5.93. The number of aryl methyl sites for hydroxylation is 1. The van der Waals surface area contributed by atoms with Crippen LogP contribution in [0.15, 0.2) is 61.1 Å². The molecule has 162 valence electrons. The molecule has 0 radical (unpaired) electrons. The summed E-state index contributed by atoms with van der Waals surface area (Å²) >= 11 is 0. The van der Waals surface area contributed by atoms with Gasteiger partial charge in [0.05, 0.1) is 11.4 Å². The Morgan fingerprint density at radius 2 is 1.87 bits per heavy atom. The van der Waals surface area contributed by atoms with Crippen molar-refractivity contribution >= 4 is 24.8 Å². The Kier molecular flexibility index (Phi) is 6.24. The Labute approximate surface area is 184 Å². The molecule has 0 aliphatic rings. The van der Waals surface area contributed by atoms with E-state index in [2.05, 4.69) is 65.8 Å². The number of pyridine rings is 1. The molecule has 6 nitrogen and oxygen atoms in total. The molecule has 7 heteroatoms. The van der Waals surface area contributed by atoms with E-state index in [1.54, 1.807) is 0 Å². The number of nitrogens with one attached hydrogen (secondary N) is 1. The predicted molar refractivity (Wildman–Crippen MR) is 129 cm³/mol. The zero-order chi connectivity index (χ0) is 21.8. The average molecular weight is 434 g/mol. The summed E-state index contributed by atoms with van der Waals surface area (Å²) in [5.41, 5.74) is 5.24. The number of fused-ring (bicyclic) bond motifs is 1. The monoisotopic (exact) mass is 433 g/mol. The summed E-state index contributed by atoms with van der Waals surface area (Å²) in [5.74, 6) is 0. The molecule has 4 rings (SSSR count). The average Bonchev–Trinajstić information content (AvgIpc) is 3.33. The van der Waals surface area contributed by atoms with Crippen molar-refractivity contribution < 1.29 is 4.74 Å². The van der Waals surface area contributed by atoms with Gasteiger partial charge in [-0.3, -0.25) is 0 Å². The van der Waals surface area contributed by atoms with E-state index in [-0.39, 0.29) is 0 Å². The van der Waals surface area contributed by atoms with Crippen LogP contribution in [0, 0.1) is 6.92 Å². The molecule has 3 heterocycles. The van der Waals surface area contributed by atoms with Crippen molar-refractivity contribution in [3.8, 4) is 5.69 Å². The van der Waals surface area contributed by atoms with Crippen LogP contribution in [0.5, 0.6) is 0 Å². The van der Waals surface area contributed by atoms with Crippen molar-refractivity contribution in [3.05, 3.63) is 72.3 Å². The zero-order valence-corrected chi connectivity index (χ0v) is 19.8. The van der Waals surface area contributed by atoms with Gasteiger partial charge >= 0.3 is 0 Å². The lowest BCUT2D eigenvalue weighted by Gasteiger charge is -2.15. The molecule has 0 atom stereocenters. The largest absolute Gasteiger partial charge is 0.381 e. The van der Waals surface area contributed by atoms with E-state index in [9.17, 15) is 0 Å². The Morgan fingerprint density at radius 3 is 2.65 bits per heavy atom. The highest BCUT2D eigenvalue weighted by molar-refractivity contribution is 6.76. The van der Waals surface area contributed by atoms with Gasteiger partial charge in [-0.25, -0.2) is 9.67 Å². The Balaban J connectivity index is 1.50. The van der Waals surface area contributed by atoms with E-state index < -0.39 is 8.07 Å². The van der Waals surface area contributed by atoms with E-state index >= 15 is 0 Å². The second-order valence-corrected chi connectivity index (χ2v) is 14.7. The summed E-state index contributed by atoms with van der Waals surface area (Å²) in [6, 6.07) is 15.5. The maximum absolute atomic E-state index is 5.93. The molecular weight excluding hydrogens is 402 g/mol. The third kappa shape index (κ3) is 5.24. The fraction of sp³-hybridized carbons (Fsp3) is 0.333. The van der Waals surface area contributed by atoms with Crippen molar-refractivity contribution in [3.63, 3.8) is 0 Å². The summed E-state index contributed by atoms with van der Waals surface area (Å²) in [7, 11) is -1.08. The van der Waals surface area contributed by atoms with Crippen LogP contribution in [-0.2, 0) is 18.0 Å². The molecule has 0 saturated heterocycles. The van der Waals surface area contributed by atoms with Gasteiger partial charge in [-0.2, -0.15) is 5.10 Å². The van der Waals surface area contributed by atoms with E-state index in [0.29, 0.717) is 6.73 Å². The number of rotatable bonds is 9. The number of nitrogens with zero attached hydrogens (tertiary/aromatic N) is 4. The van der Waals surface area contributed by atoms with E-state index in [4.69, 9.17) is 9.84 Å². The molecule has 1 N–H and O–H groups in total. The molecule has 0 aliphatic heterocycles. The standard InChI is InChI=1S/C24H31N5OSi/c1-19-20(16-26-21-8-6-5-7-9-21)17-29(27-19)23-10-12-25-24-22(23)11-13-28(24)18-30-14-15-31(2,3)4/h5-13,17,26H,14-16,18H2,1-4H3. The first-order valence-corrected chi connectivity index (χ1v) is 14.5. The van der Waals surface area contributed by atoms with E-state index in [1.165, 1.54) is 5.56 Å². The van der Waals surface area contributed by atoms with Gasteiger partial charge in [0.1, 0.15) is 12.4 Å². The Hall–Kier alpha value is -2.90. The normalized spacial score (nSPS) is 11.9. The van der Waals surface area contributed by atoms with Gasteiger partial charge in [-0.1, -0.05) is 37.8 Å². The first kappa shape index (κ1) is 21.3. The minimum Gasteiger partial charge on any atom is -0.381 e. The minimum atomic E-state index is -1.08. The minimum absolute atomic E-state index is 0.523. The van der Waals surface area contributed by atoms with E-state index in [0.717, 1.165) is 47.3 Å². The first-order chi connectivity index (χ1) is 14.9. The van der Waals surface area contributed by atoms with Gasteiger partial charge in [0, 0.05) is 56.5 Å². The van der Waals surface area contributed by atoms with Crippen molar-refractivity contribution in [1.29, 1.82) is 0 Å². The van der Waals surface area contributed by atoms with Crippen LogP contribution in [0.2, 0.25) is 25.7 Å². The SMILES string of the molecule is Cc1nn(-c2ccnc3c2ccn3COCC[Si](C)(C)C)cc1CNc1ccccc1. The maximum Gasteiger partial charge on any atom is 0.143 e. The van der Waals surface area contributed by atoms with Gasteiger partial charge in [0.25, 0.3) is 0 Å². The first-order valence-electron chi connectivity index (χ1n) is 10.8. The fourth-order valence-electron chi connectivity index (χ4n) is 3.47. The second kappa shape index (κ2) is 9.07. The van der Waals surface area contributed by atoms with E-state index in [1.807, 2.05) is 41.3 Å². The number of aromatic nitrogens is 4. The number of hydrogen-bond acceptors (Lipinski definition) is 4. The molecule has 0 unspecified atom stereocenters. The quantitative estimate of drug-likeness (QED) is 0.281. The molecule has 0 fully saturated rings. The van der Waals surface area contributed by atoms with Gasteiger partial charge in [0.15, 0.2) is 0 Å². The molecule has 0 saturated carbocycles. The number of anilines is 1. The number of ether oxygens (including phenoxy) is 1. The van der Waals surface area contributed by atoms with Gasteiger partial charge < -0.3 is 14.6 Å². The molecule has 0 bridgehead atoms. The molecule has 4 aromatic rings. The van der Waals surface area contributed by atoms with Crippen molar-refractivity contribution in [1.82, 2.24) is 19.3 Å². The van der Waals surface area contributed by atoms with Gasteiger partial charge in [-0.15, -0.1) is 0 Å². The molecular formula is C24H31N5OSi. The topological polar surface area (TPSA) is 56.9 Å². The van der Waals surface area contributed by atoms with Crippen molar-refractivity contribution in [2.75, 3.05) is 11.9 Å². The van der Waals surface area contributed by atoms with Gasteiger partial charge in [-0.05, 0) is 37.2 Å². The number of hydrogen-bond donors (Lipinski definition) is 1. The summed E-state index contributed by atoms with van der Waals surface area (Å²) in [4.78, 5) is 4.60. The fourth-order valence-corrected chi connectivity index (χ4v) is 4.22. The molecule has 31 heavy (non-hydrogen) atoms. The summed E-state index contributed by atoms with van der Waals surface area (Å²) in [5, 5.41) is 9.30. The number of benzene rings is 1. The lowest BCUT2D eigenvalue weighted by molar-refractivity contribution is 0.0899. The van der Waals surface area contributed by atoms with Crippen LogP contribution >= 0.6 is 0 Å². The molecule has 0 amide bonds. The Morgan fingerprint density at radius 1 is 1.06 bits per heavy atom.